The van der Waals surface area contributed by atoms with Gasteiger partial charge in [0.1, 0.15) is 9.53 Å². The molecule has 4 aliphatic rings. The lowest BCUT2D eigenvalue weighted by molar-refractivity contribution is -0.167. The third kappa shape index (κ3) is 1.77. The van der Waals surface area contributed by atoms with Gasteiger partial charge in [-0.05, 0) is 75.0 Å². The molecule has 0 N–H and O–H groups in total. The van der Waals surface area contributed by atoms with Crippen molar-refractivity contribution in [3.05, 3.63) is 0 Å². The molecule has 20 heavy (non-hydrogen) atoms. The molecule has 4 saturated carbocycles. The van der Waals surface area contributed by atoms with Crippen molar-refractivity contribution < 1.29 is 9.53 Å². The van der Waals surface area contributed by atoms with Crippen molar-refractivity contribution in [1.29, 1.82) is 0 Å². The molecule has 0 aliphatic heterocycles. The summed E-state index contributed by atoms with van der Waals surface area (Å²) >= 11 is 2.23. The van der Waals surface area contributed by atoms with E-state index in [1.165, 1.54) is 25.7 Å². The van der Waals surface area contributed by atoms with Crippen LogP contribution in [0.1, 0.15) is 52.4 Å². The molecule has 0 aromatic rings. The summed E-state index contributed by atoms with van der Waals surface area (Å²) in [5.74, 6) is 5.41. The average Bonchev–Trinajstić information content (AvgIpc) is 3.13. The topological polar surface area (TPSA) is 26.3 Å². The summed E-state index contributed by atoms with van der Waals surface area (Å²) < 4.78 is 6.08. The number of alkyl halides is 1. The highest BCUT2D eigenvalue weighted by Gasteiger charge is 2.66. The first-order chi connectivity index (χ1) is 9.53. The molecule has 0 radical (unpaired) electrons. The summed E-state index contributed by atoms with van der Waals surface area (Å²) in [6, 6.07) is 0. The maximum atomic E-state index is 12.2. The Balaban J connectivity index is 1.53. The van der Waals surface area contributed by atoms with Gasteiger partial charge in [-0.2, -0.15) is 0 Å². The Morgan fingerprint density at radius 2 is 1.95 bits per heavy atom. The summed E-state index contributed by atoms with van der Waals surface area (Å²) in [6.45, 7) is 4.30. The highest BCUT2D eigenvalue weighted by atomic mass is 127. The number of carbonyl (C=O) groups excluding carboxylic acids is 1. The van der Waals surface area contributed by atoms with Gasteiger partial charge in [0.15, 0.2) is 0 Å². The van der Waals surface area contributed by atoms with Gasteiger partial charge in [0.2, 0.25) is 0 Å². The van der Waals surface area contributed by atoms with Crippen molar-refractivity contribution in [2.45, 2.75) is 61.9 Å². The maximum absolute atomic E-state index is 12.2. The van der Waals surface area contributed by atoms with Crippen LogP contribution in [0.5, 0.6) is 0 Å². The molecule has 8 unspecified atom stereocenters. The minimum Gasteiger partial charge on any atom is -0.458 e. The van der Waals surface area contributed by atoms with Gasteiger partial charge < -0.3 is 4.74 Å². The van der Waals surface area contributed by atoms with E-state index >= 15 is 0 Å². The van der Waals surface area contributed by atoms with Crippen LogP contribution < -0.4 is 0 Å². The van der Waals surface area contributed by atoms with E-state index in [4.69, 9.17) is 4.74 Å². The summed E-state index contributed by atoms with van der Waals surface area (Å²) in [7, 11) is 0. The molecule has 4 bridgehead atoms. The number of ether oxygens (including phenoxy) is 1. The number of esters is 1. The number of hydrogen-bond acceptors (Lipinski definition) is 2. The van der Waals surface area contributed by atoms with Crippen LogP contribution in [-0.4, -0.2) is 15.5 Å². The van der Waals surface area contributed by atoms with Gasteiger partial charge in [-0.15, -0.1) is 0 Å². The minimum atomic E-state index is -0.147. The first kappa shape index (κ1) is 13.8. The summed E-state index contributed by atoms with van der Waals surface area (Å²) in [5.41, 5.74) is -0.147. The van der Waals surface area contributed by atoms with Crippen LogP contribution in [0.2, 0.25) is 0 Å². The van der Waals surface area contributed by atoms with Crippen molar-refractivity contribution in [1.82, 2.24) is 0 Å². The lowest BCUT2D eigenvalue weighted by atomic mass is 9.66. The molecule has 4 fully saturated rings. The number of rotatable bonds is 3. The Morgan fingerprint density at radius 3 is 2.65 bits per heavy atom. The minimum absolute atomic E-state index is 0.0272. The molecule has 0 heterocycles. The highest BCUT2D eigenvalue weighted by molar-refractivity contribution is 14.1. The fourth-order valence-electron chi connectivity index (χ4n) is 6.44. The van der Waals surface area contributed by atoms with Crippen LogP contribution in [0.25, 0.3) is 0 Å². The van der Waals surface area contributed by atoms with Gasteiger partial charge in [-0.25, -0.2) is 0 Å². The van der Waals surface area contributed by atoms with Gasteiger partial charge in [0.05, 0.1) is 0 Å². The summed E-state index contributed by atoms with van der Waals surface area (Å²) in [6.07, 6.45) is 7.77. The zero-order valence-electron chi connectivity index (χ0n) is 12.5. The van der Waals surface area contributed by atoms with Crippen molar-refractivity contribution in [3.8, 4) is 0 Å². The molecule has 4 rings (SSSR count). The van der Waals surface area contributed by atoms with Crippen LogP contribution in [0.3, 0.4) is 0 Å². The Kier molecular flexibility index (Phi) is 3.18. The molecule has 0 spiro atoms. The van der Waals surface area contributed by atoms with Gasteiger partial charge >= 0.3 is 5.97 Å². The number of halogens is 1. The summed E-state index contributed by atoms with van der Waals surface area (Å²) in [5, 5.41) is 0. The third-order valence-electron chi connectivity index (χ3n) is 7.01. The monoisotopic (exact) mass is 388 g/mol. The predicted molar refractivity (Wildman–Crippen MR) is 86.6 cm³/mol. The molecule has 2 nitrogen and oxygen atoms in total. The Morgan fingerprint density at radius 1 is 1.25 bits per heavy atom. The maximum Gasteiger partial charge on any atom is 0.319 e. The van der Waals surface area contributed by atoms with E-state index in [9.17, 15) is 4.79 Å². The Labute approximate surface area is 135 Å². The van der Waals surface area contributed by atoms with E-state index in [-0.39, 0.29) is 15.5 Å². The number of hydrogen-bond donors (Lipinski definition) is 0. The van der Waals surface area contributed by atoms with Crippen molar-refractivity contribution in [2.75, 3.05) is 0 Å². The van der Waals surface area contributed by atoms with E-state index in [1.54, 1.807) is 0 Å². The van der Waals surface area contributed by atoms with Gasteiger partial charge in [0, 0.05) is 5.92 Å². The normalized spacial score (nSPS) is 53.1. The second-order valence-corrected chi connectivity index (χ2v) is 9.41. The Hall–Kier alpha value is 0.200. The molecule has 0 aromatic heterocycles. The molecule has 112 valence electrons. The fraction of sp³-hybridized carbons (Fsp3) is 0.941. The van der Waals surface area contributed by atoms with Gasteiger partial charge in [-0.3, -0.25) is 4.79 Å². The second kappa shape index (κ2) is 4.60. The lowest BCUT2D eigenvalue weighted by Crippen LogP contribution is -2.46. The standard InChI is InChI=1S/C17H25IO2/c1-3-13(18)16(19)20-17(2)8-11-7-12(17)15-10-5-4-9(6-10)14(11)15/h9-15H,3-8H2,1-2H3. The van der Waals surface area contributed by atoms with Crippen molar-refractivity contribution >= 4 is 28.6 Å². The van der Waals surface area contributed by atoms with Crippen molar-refractivity contribution in [2.24, 2.45) is 35.5 Å². The Bertz CT molecular complexity index is 437. The van der Waals surface area contributed by atoms with E-state index in [1.807, 2.05) is 0 Å². The zero-order chi connectivity index (χ0) is 14.1. The van der Waals surface area contributed by atoms with Crippen molar-refractivity contribution in [3.63, 3.8) is 0 Å². The fourth-order valence-corrected chi connectivity index (χ4v) is 6.57. The first-order valence-corrected chi connectivity index (χ1v) is 9.65. The SMILES string of the molecule is CCC(I)C(=O)OC1(C)CC2CC1C1C3CCC(C3)C21. The molecule has 0 aromatic carbocycles. The van der Waals surface area contributed by atoms with E-state index < -0.39 is 0 Å². The smallest absolute Gasteiger partial charge is 0.319 e. The van der Waals surface area contributed by atoms with Crippen LogP contribution in [0.15, 0.2) is 0 Å². The van der Waals surface area contributed by atoms with Crippen LogP contribution in [0, 0.1) is 35.5 Å². The molecule has 4 aliphatic carbocycles. The lowest BCUT2D eigenvalue weighted by Gasteiger charge is -2.44. The van der Waals surface area contributed by atoms with E-state index in [0.29, 0.717) is 5.92 Å². The summed E-state index contributed by atoms with van der Waals surface area (Å²) in [4.78, 5) is 12.2. The second-order valence-electron chi connectivity index (χ2n) is 7.90. The largest absolute Gasteiger partial charge is 0.458 e. The first-order valence-electron chi connectivity index (χ1n) is 8.40. The molecule has 3 heteroatoms. The van der Waals surface area contributed by atoms with Crippen LogP contribution in [0.4, 0.5) is 0 Å². The molecule has 8 atom stereocenters. The number of fused-ring (bicyclic) bond motifs is 9. The van der Waals surface area contributed by atoms with Gasteiger partial charge in [-0.1, -0.05) is 29.5 Å². The molecule has 0 amide bonds. The average molecular weight is 388 g/mol. The predicted octanol–water partition coefficient (Wildman–Crippen LogP) is 4.20. The van der Waals surface area contributed by atoms with E-state index in [0.717, 1.165) is 42.4 Å². The molecule has 0 saturated heterocycles. The third-order valence-corrected chi connectivity index (χ3v) is 8.40. The molecular formula is C17H25IO2. The van der Waals surface area contributed by atoms with Crippen LogP contribution in [-0.2, 0) is 9.53 Å². The number of carbonyl (C=O) groups is 1. The van der Waals surface area contributed by atoms with Crippen LogP contribution >= 0.6 is 22.6 Å². The highest BCUT2D eigenvalue weighted by Crippen LogP contribution is 2.70. The quantitative estimate of drug-likeness (QED) is 0.314. The molecular weight excluding hydrogens is 363 g/mol. The van der Waals surface area contributed by atoms with Gasteiger partial charge in [0.25, 0.3) is 0 Å². The zero-order valence-corrected chi connectivity index (χ0v) is 14.6. The van der Waals surface area contributed by atoms with E-state index in [2.05, 4.69) is 36.4 Å².